The minimum atomic E-state index is -0.112. The number of amides is 1. The third-order valence-corrected chi connectivity index (χ3v) is 4.60. The molecule has 0 aliphatic heterocycles. The predicted octanol–water partition coefficient (Wildman–Crippen LogP) is 4.00. The van der Waals surface area contributed by atoms with Crippen LogP contribution < -0.4 is 5.32 Å². The Morgan fingerprint density at radius 3 is 2.96 bits per heavy atom. The molecular formula is C19H19N3O. The number of aromatic amines is 1. The number of fused-ring (bicyclic) bond motifs is 3. The first kappa shape index (κ1) is 14.0. The Balaban J connectivity index is 1.68. The van der Waals surface area contributed by atoms with E-state index in [1.165, 1.54) is 29.5 Å². The molecule has 23 heavy (non-hydrogen) atoms. The van der Waals surface area contributed by atoms with Gasteiger partial charge in [-0.2, -0.15) is 0 Å². The van der Waals surface area contributed by atoms with Crippen molar-refractivity contribution in [3.8, 4) is 0 Å². The molecule has 0 spiro atoms. The molecule has 2 aromatic heterocycles. The molecule has 0 radical (unpaired) electrons. The third kappa shape index (κ3) is 2.50. The van der Waals surface area contributed by atoms with Crippen LogP contribution in [0.3, 0.4) is 0 Å². The maximum absolute atomic E-state index is 12.5. The lowest BCUT2D eigenvalue weighted by Crippen LogP contribution is -2.13. The van der Waals surface area contributed by atoms with Gasteiger partial charge in [-0.25, -0.2) is 4.98 Å². The Bertz CT molecular complexity index is 895. The van der Waals surface area contributed by atoms with Gasteiger partial charge in [0.25, 0.3) is 5.91 Å². The van der Waals surface area contributed by atoms with Crippen molar-refractivity contribution in [3.63, 3.8) is 0 Å². The number of rotatable bonds is 2. The first-order valence-corrected chi connectivity index (χ1v) is 8.09. The summed E-state index contributed by atoms with van der Waals surface area (Å²) in [5, 5.41) is 4.09. The third-order valence-electron chi connectivity index (χ3n) is 4.60. The number of carbonyl (C=O) groups is 1. The van der Waals surface area contributed by atoms with Gasteiger partial charge < -0.3 is 10.3 Å². The molecule has 116 valence electrons. The molecule has 1 aromatic carbocycles. The van der Waals surface area contributed by atoms with E-state index in [0.717, 1.165) is 23.9 Å². The smallest absolute Gasteiger partial charge is 0.256 e. The number of carbonyl (C=O) groups excluding carboxylic acids is 1. The predicted molar refractivity (Wildman–Crippen MR) is 91.9 cm³/mol. The summed E-state index contributed by atoms with van der Waals surface area (Å²) >= 11 is 0. The Kier molecular flexibility index (Phi) is 3.37. The van der Waals surface area contributed by atoms with Crippen LogP contribution in [-0.2, 0) is 12.8 Å². The molecule has 4 rings (SSSR count). The summed E-state index contributed by atoms with van der Waals surface area (Å²) in [6.45, 7) is 1.94. The number of benzene rings is 1. The van der Waals surface area contributed by atoms with Crippen LogP contribution in [0.5, 0.6) is 0 Å². The quantitative estimate of drug-likeness (QED) is 0.751. The molecule has 2 heterocycles. The van der Waals surface area contributed by atoms with Crippen molar-refractivity contribution in [3.05, 3.63) is 58.9 Å². The van der Waals surface area contributed by atoms with E-state index in [1.54, 1.807) is 6.20 Å². The second-order valence-corrected chi connectivity index (χ2v) is 6.17. The first-order valence-electron chi connectivity index (χ1n) is 8.09. The van der Waals surface area contributed by atoms with E-state index >= 15 is 0 Å². The molecule has 1 aliphatic rings. The fraction of sp³-hybridized carbons (Fsp3) is 0.263. The lowest BCUT2D eigenvalue weighted by Gasteiger charge is -2.10. The van der Waals surface area contributed by atoms with Gasteiger partial charge in [0.1, 0.15) is 5.82 Å². The lowest BCUT2D eigenvalue weighted by molar-refractivity contribution is 0.102. The highest BCUT2D eigenvalue weighted by molar-refractivity contribution is 6.06. The normalized spacial score (nSPS) is 13.8. The average Bonchev–Trinajstić information content (AvgIpc) is 2.94. The van der Waals surface area contributed by atoms with Crippen LogP contribution in [0, 0.1) is 6.92 Å². The largest absolute Gasteiger partial charge is 0.358 e. The minimum absolute atomic E-state index is 0.112. The van der Waals surface area contributed by atoms with E-state index in [4.69, 9.17) is 0 Å². The van der Waals surface area contributed by atoms with Gasteiger partial charge in [0, 0.05) is 28.4 Å². The van der Waals surface area contributed by atoms with Gasteiger partial charge in [-0.15, -0.1) is 0 Å². The van der Waals surface area contributed by atoms with Crippen LogP contribution >= 0.6 is 0 Å². The highest BCUT2D eigenvalue weighted by Crippen LogP contribution is 2.29. The molecule has 1 amide bonds. The molecule has 0 saturated carbocycles. The zero-order valence-corrected chi connectivity index (χ0v) is 13.1. The summed E-state index contributed by atoms with van der Waals surface area (Å²) in [4.78, 5) is 20.3. The fourth-order valence-electron chi connectivity index (χ4n) is 3.34. The number of hydrogen-bond donors (Lipinski definition) is 2. The lowest BCUT2D eigenvalue weighted by atomic mass is 9.95. The fourth-order valence-corrected chi connectivity index (χ4v) is 3.34. The second-order valence-electron chi connectivity index (χ2n) is 6.17. The van der Waals surface area contributed by atoms with Crippen LogP contribution in [0.1, 0.15) is 40.0 Å². The number of hydrogen-bond acceptors (Lipinski definition) is 2. The average molecular weight is 305 g/mol. The zero-order valence-electron chi connectivity index (χ0n) is 13.1. The summed E-state index contributed by atoms with van der Waals surface area (Å²) in [5.74, 6) is 0.508. The van der Waals surface area contributed by atoms with E-state index in [1.807, 2.05) is 37.3 Å². The van der Waals surface area contributed by atoms with Crippen LogP contribution in [0.25, 0.3) is 10.9 Å². The maximum atomic E-state index is 12.5. The van der Waals surface area contributed by atoms with Gasteiger partial charge in [-0.1, -0.05) is 6.07 Å². The molecule has 2 N–H and O–H groups in total. The first-order chi connectivity index (χ1) is 11.2. The van der Waals surface area contributed by atoms with Gasteiger partial charge >= 0.3 is 0 Å². The Morgan fingerprint density at radius 1 is 1.22 bits per heavy atom. The number of aromatic nitrogens is 2. The highest BCUT2D eigenvalue weighted by Gasteiger charge is 2.17. The molecule has 0 saturated heterocycles. The molecule has 0 atom stereocenters. The van der Waals surface area contributed by atoms with Gasteiger partial charge in [-0.05, 0) is 68.0 Å². The van der Waals surface area contributed by atoms with Crippen molar-refractivity contribution < 1.29 is 4.79 Å². The standard InChI is InChI=1S/C19H19N3O/c1-12-5-4-10-20-18(12)22-19(23)13-8-9-17-15(11-13)14-6-2-3-7-16(14)21-17/h4-5,8-11,21H,2-3,6-7H2,1H3,(H,20,22,23). The molecule has 4 heteroatoms. The Labute approximate surface area is 134 Å². The molecule has 4 nitrogen and oxygen atoms in total. The van der Waals surface area contributed by atoms with E-state index in [-0.39, 0.29) is 5.91 Å². The highest BCUT2D eigenvalue weighted by atomic mass is 16.1. The van der Waals surface area contributed by atoms with E-state index in [9.17, 15) is 4.79 Å². The van der Waals surface area contributed by atoms with Crippen LogP contribution in [-0.4, -0.2) is 15.9 Å². The van der Waals surface area contributed by atoms with Crippen molar-refractivity contribution in [2.45, 2.75) is 32.6 Å². The monoisotopic (exact) mass is 305 g/mol. The summed E-state index contributed by atoms with van der Waals surface area (Å²) in [6.07, 6.45) is 6.36. The summed E-state index contributed by atoms with van der Waals surface area (Å²) in [6, 6.07) is 9.69. The number of anilines is 1. The Hall–Kier alpha value is -2.62. The molecule has 3 aromatic rings. The molecule has 1 aliphatic carbocycles. The van der Waals surface area contributed by atoms with Gasteiger partial charge in [0.15, 0.2) is 0 Å². The maximum Gasteiger partial charge on any atom is 0.256 e. The topological polar surface area (TPSA) is 57.8 Å². The van der Waals surface area contributed by atoms with Crippen LogP contribution in [0.15, 0.2) is 36.5 Å². The molecule has 0 bridgehead atoms. The minimum Gasteiger partial charge on any atom is -0.358 e. The van der Waals surface area contributed by atoms with Crippen molar-refractivity contribution in [1.82, 2.24) is 9.97 Å². The van der Waals surface area contributed by atoms with Gasteiger partial charge in [-0.3, -0.25) is 4.79 Å². The summed E-state index contributed by atoms with van der Waals surface area (Å²) in [7, 11) is 0. The van der Waals surface area contributed by atoms with E-state index < -0.39 is 0 Å². The second kappa shape index (κ2) is 5.54. The number of aryl methyl sites for hydroxylation is 3. The van der Waals surface area contributed by atoms with Crippen molar-refractivity contribution in [2.24, 2.45) is 0 Å². The van der Waals surface area contributed by atoms with Crippen molar-refractivity contribution in [1.29, 1.82) is 0 Å². The number of H-pyrrole nitrogens is 1. The van der Waals surface area contributed by atoms with Crippen molar-refractivity contribution in [2.75, 3.05) is 5.32 Å². The number of pyridine rings is 1. The van der Waals surface area contributed by atoms with Crippen LogP contribution in [0.4, 0.5) is 5.82 Å². The van der Waals surface area contributed by atoms with Crippen LogP contribution in [0.2, 0.25) is 0 Å². The summed E-state index contributed by atoms with van der Waals surface area (Å²) in [5.41, 5.74) is 5.48. The SMILES string of the molecule is Cc1cccnc1NC(=O)c1ccc2[nH]c3c(c2c1)CCCC3. The van der Waals surface area contributed by atoms with Gasteiger partial charge in [0.05, 0.1) is 0 Å². The molecule has 0 unspecified atom stereocenters. The number of nitrogens with zero attached hydrogens (tertiary/aromatic N) is 1. The number of nitrogens with one attached hydrogen (secondary N) is 2. The Morgan fingerprint density at radius 2 is 2.09 bits per heavy atom. The molecular weight excluding hydrogens is 286 g/mol. The zero-order chi connectivity index (χ0) is 15.8. The van der Waals surface area contributed by atoms with Crippen molar-refractivity contribution >= 4 is 22.6 Å². The van der Waals surface area contributed by atoms with E-state index in [0.29, 0.717) is 11.4 Å². The van der Waals surface area contributed by atoms with Gasteiger partial charge in [0.2, 0.25) is 0 Å². The molecule has 0 fully saturated rings. The summed E-state index contributed by atoms with van der Waals surface area (Å²) < 4.78 is 0. The van der Waals surface area contributed by atoms with E-state index in [2.05, 4.69) is 15.3 Å².